The summed E-state index contributed by atoms with van der Waals surface area (Å²) in [6, 6.07) is 25.6. The van der Waals surface area contributed by atoms with Crippen molar-refractivity contribution in [1.82, 2.24) is 5.32 Å². The zero-order valence-electron chi connectivity index (χ0n) is 17.3. The Kier molecular flexibility index (Phi) is 9.07. The number of carbonyl (C=O) groups excluding carboxylic acids is 2. The summed E-state index contributed by atoms with van der Waals surface area (Å²) in [6.07, 6.45) is 0. The van der Waals surface area contributed by atoms with Crippen LogP contribution in [0.1, 0.15) is 21.5 Å². The van der Waals surface area contributed by atoms with Crippen LogP contribution in [0.2, 0.25) is 0 Å². The SMILES string of the molecule is O=C(N[C@@H](CO[P+](=O)OCc1ccccc1)C(=O)OCc1ccccc1)c1ccccc1. The molecule has 0 bridgehead atoms. The number of amides is 1. The molecule has 1 N–H and O–H groups in total. The molecule has 3 rings (SSSR count). The fourth-order valence-electron chi connectivity index (χ4n) is 2.70. The van der Waals surface area contributed by atoms with Gasteiger partial charge in [0.1, 0.15) is 19.8 Å². The quantitative estimate of drug-likeness (QED) is 0.342. The number of benzene rings is 3. The number of esters is 1. The molecule has 164 valence electrons. The Bertz CT molecular complexity index is 1010. The molecule has 0 saturated carbocycles. The van der Waals surface area contributed by atoms with Crippen LogP contribution in [0.5, 0.6) is 0 Å². The van der Waals surface area contributed by atoms with E-state index in [1.54, 1.807) is 30.3 Å². The predicted molar refractivity (Wildman–Crippen MR) is 119 cm³/mol. The Balaban J connectivity index is 1.57. The van der Waals surface area contributed by atoms with E-state index < -0.39 is 26.2 Å². The molecular formula is C24H23NO6P+. The van der Waals surface area contributed by atoms with Crippen LogP contribution in [0.3, 0.4) is 0 Å². The molecule has 7 nitrogen and oxygen atoms in total. The molecule has 0 saturated heterocycles. The summed E-state index contributed by atoms with van der Waals surface area (Å²) in [7, 11) is -2.50. The van der Waals surface area contributed by atoms with Gasteiger partial charge in [-0.25, -0.2) is 4.79 Å². The summed E-state index contributed by atoms with van der Waals surface area (Å²) in [4.78, 5) is 25.1. The van der Waals surface area contributed by atoms with Gasteiger partial charge in [0.2, 0.25) is 0 Å². The lowest BCUT2D eigenvalue weighted by molar-refractivity contribution is -0.148. The van der Waals surface area contributed by atoms with Crippen LogP contribution in [0.15, 0.2) is 91.0 Å². The highest BCUT2D eigenvalue weighted by Gasteiger charge is 2.30. The molecule has 0 aliphatic rings. The molecule has 3 aromatic carbocycles. The van der Waals surface area contributed by atoms with Gasteiger partial charge in [-0.3, -0.25) is 4.79 Å². The fraction of sp³-hybridized carbons (Fsp3) is 0.167. The van der Waals surface area contributed by atoms with Gasteiger partial charge in [-0.15, -0.1) is 9.05 Å². The van der Waals surface area contributed by atoms with Crippen LogP contribution >= 0.6 is 8.25 Å². The molecule has 0 aliphatic heterocycles. The van der Waals surface area contributed by atoms with E-state index in [0.717, 1.165) is 11.1 Å². The fourth-order valence-corrected chi connectivity index (χ4v) is 3.30. The van der Waals surface area contributed by atoms with Crippen LogP contribution in [0.25, 0.3) is 0 Å². The first-order valence-electron chi connectivity index (χ1n) is 9.95. The lowest BCUT2D eigenvalue weighted by Gasteiger charge is -2.15. The molecule has 8 heteroatoms. The van der Waals surface area contributed by atoms with Crippen molar-refractivity contribution in [2.45, 2.75) is 19.3 Å². The Morgan fingerprint density at radius 1 is 0.750 bits per heavy atom. The molecule has 1 amide bonds. The second-order valence-corrected chi connectivity index (χ2v) is 7.73. The van der Waals surface area contributed by atoms with Crippen molar-refractivity contribution in [3.8, 4) is 0 Å². The van der Waals surface area contributed by atoms with E-state index in [0.29, 0.717) is 5.56 Å². The number of hydrogen-bond acceptors (Lipinski definition) is 6. The van der Waals surface area contributed by atoms with Crippen molar-refractivity contribution < 1.29 is 27.9 Å². The zero-order chi connectivity index (χ0) is 22.6. The third-order valence-corrected chi connectivity index (χ3v) is 5.08. The second kappa shape index (κ2) is 12.5. The van der Waals surface area contributed by atoms with Crippen LogP contribution in [0.4, 0.5) is 0 Å². The molecule has 0 aliphatic carbocycles. The van der Waals surface area contributed by atoms with Crippen molar-refractivity contribution in [2.75, 3.05) is 6.61 Å². The second-order valence-electron chi connectivity index (χ2n) is 6.76. The standard InChI is InChI=1S/C24H22NO6P/c26-23(21-14-8-3-9-15-21)25-22(24(27)29-16-19-10-4-1-5-11-19)18-31-32(28)30-17-20-12-6-2-7-13-20/h1-15,22H,16-18H2/p+1/t22-/m0/s1. The van der Waals surface area contributed by atoms with Gasteiger partial charge in [-0.2, -0.15) is 0 Å². The van der Waals surface area contributed by atoms with Crippen molar-refractivity contribution in [2.24, 2.45) is 0 Å². The molecule has 0 spiro atoms. The van der Waals surface area contributed by atoms with E-state index in [4.69, 9.17) is 13.8 Å². The highest BCUT2D eigenvalue weighted by Crippen LogP contribution is 2.26. The molecule has 32 heavy (non-hydrogen) atoms. The highest BCUT2D eigenvalue weighted by atomic mass is 31.1. The average Bonchev–Trinajstić information content (AvgIpc) is 2.85. The summed E-state index contributed by atoms with van der Waals surface area (Å²) in [5.74, 6) is -1.18. The molecule has 0 fully saturated rings. The minimum absolute atomic E-state index is 0.0357. The number of carbonyl (C=O) groups is 2. The maximum Gasteiger partial charge on any atom is 0.697 e. The third kappa shape index (κ3) is 7.71. The van der Waals surface area contributed by atoms with E-state index in [1.165, 1.54) is 0 Å². The third-order valence-electron chi connectivity index (χ3n) is 4.38. The smallest absolute Gasteiger partial charge is 0.459 e. The van der Waals surface area contributed by atoms with E-state index in [1.807, 2.05) is 60.7 Å². The first-order valence-corrected chi connectivity index (χ1v) is 11.0. The Morgan fingerprint density at radius 3 is 1.88 bits per heavy atom. The first-order chi connectivity index (χ1) is 15.6. The van der Waals surface area contributed by atoms with Gasteiger partial charge in [0.25, 0.3) is 5.91 Å². The highest BCUT2D eigenvalue weighted by molar-refractivity contribution is 7.33. The summed E-state index contributed by atoms with van der Waals surface area (Å²) < 4.78 is 27.8. The minimum Gasteiger partial charge on any atom is -0.459 e. The van der Waals surface area contributed by atoms with Gasteiger partial charge < -0.3 is 10.1 Å². The van der Waals surface area contributed by atoms with E-state index >= 15 is 0 Å². The number of ether oxygens (including phenoxy) is 1. The molecule has 0 radical (unpaired) electrons. The van der Waals surface area contributed by atoms with Crippen molar-refractivity contribution in [3.05, 3.63) is 108 Å². The maximum absolute atomic E-state index is 12.6. The summed E-state index contributed by atoms with van der Waals surface area (Å²) in [5.41, 5.74) is 2.00. The molecule has 2 atom stereocenters. The van der Waals surface area contributed by atoms with Crippen LogP contribution in [-0.4, -0.2) is 24.5 Å². The van der Waals surface area contributed by atoms with Crippen molar-refractivity contribution in [3.63, 3.8) is 0 Å². The lowest BCUT2D eigenvalue weighted by atomic mass is 10.2. The Hall–Kier alpha value is -3.38. The largest absolute Gasteiger partial charge is 0.697 e. The van der Waals surface area contributed by atoms with Gasteiger partial charge >= 0.3 is 14.2 Å². The topological polar surface area (TPSA) is 90.9 Å². The normalized spacial score (nSPS) is 11.9. The van der Waals surface area contributed by atoms with Gasteiger partial charge in [-0.05, 0) is 23.3 Å². The zero-order valence-corrected chi connectivity index (χ0v) is 18.2. The van der Waals surface area contributed by atoms with Crippen LogP contribution in [0, 0.1) is 0 Å². The molecular weight excluding hydrogens is 429 g/mol. The van der Waals surface area contributed by atoms with Crippen molar-refractivity contribution >= 4 is 20.1 Å². The minimum atomic E-state index is -2.50. The van der Waals surface area contributed by atoms with E-state index in [9.17, 15) is 14.2 Å². The first kappa shape index (κ1) is 23.3. The van der Waals surface area contributed by atoms with Gasteiger partial charge in [0, 0.05) is 10.1 Å². The molecule has 3 aromatic rings. The van der Waals surface area contributed by atoms with Gasteiger partial charge in [0.15, 0.2) is 6.04 Å². The lowest BCUT2D eigenvalue weighted by Crippen LogP contribution is -2.44. The van der Waals surface area contributed by atoms with Crippen LogP contribution < -0.4 is 5.32 Å². The summed E-state index contributed by atoms with van der Waals surface area (Å²) >= 11 is 0. The van der Waals surface area contributed by atoms with E-state index in [-0.39, 0.29) is 19.8 Å². The summed E-state index contributed by atoms with van der Waals surface area (Å²) in [6.45, 7) is -0.236. The average molecular weight is 452 g/mol. The number of rotatable bonds is 11. The predicted octanol–water partition coefficient (Wildman–Crippen LogP) is 4.42. The van der Waals surface area contributed by atoms with E-state index in [2.05, 4.69) is 5.32 Å². The monoisotopic (exact) mass is 452 g/mol. The Labute approximate surface area is 187 Å². The molecule has 1 unspecified atom stereocenters. The number of hydrogen-bond donors (Lipinski definition) is 1. The van der Waals surface area contributed by atoms with Crippen molar-refractivity contribution in [1.29, 1.82) is 0 Å². The van der Waals surface area contributed by atoms with Crippen LogP contribution in [-0.2, 0) is 36.4 Å². The van der Waals surface area contributed by atoms with Gasteiger partial charge in [-0.1, -0.05) is 78.9 Å². The number of nitrogens with one attached hydrogen (secondary N) is 1. The maximum atomic E-state index is 12.6. The molecule has 0 heterocycles. The van der Waals surface area contributed by atoms with Gasteiger partial charge in [0.05, 0.1) is 0 Å². The Morgan fingerprint density at radius 2 is 1.28 bits per heavy atom. The molecule has 0 aromatic heterocycles. The summed E-state index contributed by atoms with van der Waals surface area (Å²) in [5, 5.41) is 2.58.